The Balaban J connectivity index is 1.86. The maximum Gasteiger partial charge on any atom is 0.408 e. The Morgan fingerprint density at radius 1 is 1.29 bits per heavy atom. The molecule has 2 rings (SSSR count). The van der Waals surface area contributed by atoms with Gasteiger partial charge in [0, 0.05) is 0 Å². The van der Waals surface area contributed by atoms with Crippen LogP contribution in [0.2, 0.25) is 0 Å². The fourth-order valence-corrected chi connectivity index (χ4v) is 2.11. The molecule has 0 aliphatic carbocycles. The summed E-state index contributed by atoms with van der Waals surface area (Å²) in [5.74, 6) is 0. The first-order valence-electron chi connectivity index (χ1n) is 5.85. The Bertz CT molecular complexity index is 302. The Labute approximate surface area is 101 Å². The van der Waals surface area contributed by atoms with Gasteiger partial charge < -0.3 is 25.3 Å². The predicted octanol–water partition coefficient (Wildman–Crippen LogP) is 0.00460. The molecule has 0 saturated carbocycles. The van der Waals surface area contributed by atoms with Crippen LogP contribution in [0.15, 0.2) is 0 Å². The highest BCUT2D eigenvalue weighted by molar-refractivity contribution is 5.68. The zero-order valence-electron chi connectivity index (χ0n) is 10.4. The Morgan fingerprint density at radius 3 is 2.59 bits per heavy atom. The number of carbonyl (C=O) groups is 1. The molecule has 2 aliphatic rings. The molecule has 2 heterocycles. The quantitative estimate of drug-likeness (QED) is 0.678. The SMILES string of the molecule is CC(C)(C)OC(=O)N[C@@H]1CO[C@H]2[C@@H]1OC[C@@H]2N. The van der Waals surface area contributed by atoms with Crippen LogP contribution in [0.1, 0.15) is 20.8 Å². The van der Waals surface area contributed by atoms with Crippen LogP contribution in [0.25, 0.3) is 0 Å². The highest BCUT2D eigenvalue weighted by Gasteiger charge is 2.47. The number of carbonyl (C=O) groups excluding carboxylic acids is 1. The van der Waals surface area contributed by atoms with Crippen LogP contribution in [0.5, 0.6) is 0 Å². The smallest absolute Gasteiger partial charge is 0.408 e. The molecule has 0 unspecified atom stereocenters. The van der Waals surface area contributed by atoms with Gasteiger partial charge in [0.05, 0.1) is 25.3 Å². The van der Waals surface area contributed by atoms with Gasteiger partial charge in [-0.05, 0) is 20.8 Å². The van der Waals surface area contributed by atoms with Crippen LogP contribution in [0, 0.1) is 0 Å². The van der Waals surface area contributed by atoms with E-state index in [-0.39, 0.29) is 24.3 Å². The number of rotatable bonds is 1. The Morgan fingerprint density at radius 2 is 1.94 bits per heavy atom. The number of hydrogen-bond acceptors (Lipinski definition) is 5. The monoisotopic (exact) mass is 244 g/mol. The highest BCUT2D eigenvalue weighted by atomic mass is 16.6. The van der Waals surface area contributed by atoms with E-state index in [2.05, 4.69) is 5.32 Å². The summed E-state index contributed by atoms with van der Waals surface area (Å²) in [5.41, 5.74) is 5.32. The Hall–Kier alpha value is -0.850. The molecule has 0 spiro atoms. The number of nitrogens with two attached hydrogens (primary N) is 1. The molecule has 6 nitrogen and oxygen atoms in total. The first-order valence-corrected chi connectivity index (χ1v) is 5.85. The standard InChI is InChI=1S/C11H20N2O4/c1-11(2,3)17-10(14)13-7-5-16-8-6(12)4-15-9(7)8/h6-9H,4-5,12H2,1-3H3,(H,13,14)/t6-,7+,8+,9+/m0/s1. The van der Waals surface area contributed by atoms with Crippen molar-refractivity contribution in [3.8, 4) is 0 Å². The first-order chi connectivity index (χ1) is 7.87. The van der Waals surface area contributed by atoms with Crippen LogP contribution in [-0.2, 0) is 14.2 Å². The summed E-state index contributed by atoms with van der Waals surface area (Å²) in [6.07, 6.45) is -0.719. The van der Waals surface area contributed by atoms with E-state index in [0.717, 1.165) is 0 Å². The first kappa shape index (κ1) is 12.6. The van der Waals surface area contributed by atoms with Crippen molar-refractivity contribution in [2.45, 2.75) is 50.7 Å². The minimum Gasteiger partial charge on any atom is -0.444 e. The zero-order valence-corrected chi connectivity index (χ0v) is 10.4. The van der Waals surface area contributed by atoms with Gasteiger partial charge in [0.1, 0.15) is 17.8 Å². The van der Waals surface area contributed by atoms with E-state index in [1.807, 2.05) is 20.8 Å². The lowest BCUT2D eigenvalue weighted by atomic mass is 10.1. The number of alkyl carbamates (subject to hydrolysis) is 1. The molecule has 6 heteroatoms. The van der Waals surface area contributed by atoms with Gasteiger partial charge >= 0.3 is 6.09 Å². The van der Waals surface area contributed by atoms with Crippen molar-refractivity contribution in [1.82, 2.24) is 5.32 Å². The van der Waals surface area contributed by atoms with Crippen LogP contribution in [0.4, 0.5) is 4.79 Å². The minimum atomic E-state index is -0.504. The van der Waals surface area contributed by atoms with Gasteiger partial charge in [0.15, 0.2) is 0 Å². The molecular weight excluding hydrogens is 224 g/mol. The minimum absolute atomic E-state index is 0.106. The fraction of sp³-hybridized carbons (Fsp3) is 0.909. The van der Waals surface area contributed by atoms with Crippen LogP contribution < -0.4 is 11.1 Å². The van der Waals surface area contributed by atoms with Crippen molar-refractivity contribution in [3.63, 3.8) is 0 Å². The maximum atomic E-state index is 11.6. The summed E-state index contributed by atoms with van der Waals surface area (Å²) in [6.45, 7) is 6.36. The number of ether oxygens (including phenoxy) is 3. The number of amides is 1. The molecule has 2 aliphatic heterocycles. The molecule has 98 valence electrons. The lowest BCUT2D eigenvalue weighted by molar-refractivity contribution is 0.0406. The average molecular weight is 244 g/mol. The molecule has 0 aromatic heterocycles. The Kier molecular flexibility index (Phi) is 3.29. The van der Waals surface area contributed by atoms with Gasteiger partial charge in [-0.2, -0.15) is 0 Å². The third-order valence-electron chi connectivity index (χ3n) is 2.79. The maximum absolute atomic E-state index is 11.6. The van der Waals surface area contributed by atoms with Gasteiger partial charge in [-0.3, -0.25) is 0 Å². The summed E-state index contributed by atoms with van der Waals surface area (Å²) in [6, 6.07) is -0.283. The molecule has 0 aromatic carbocycles. The van der Waals surface area contributed by atoms with Crippen LogP contribution in [0.3, 0.4) is 0 Å². The second kappa shape index (κ2) is 4.44. The lowest BCUT2D eigenvalue weighted by Crippen LogP contribution is -2.46. The molecule has 1 amide bonds. The summed E-state index contributed by atoms with van der Waals surface area (Å²) < 4.78 is 16.2. The normalized spacial score (nSPS) is 36.7. The average Bonchev–Trinajstić information content (AvgIpc) is 2.69. The van der Waals surface area contributed by atoms with E-state index in [1.165, 1.54) is 0 Å². The number of fused-ring (bicyclic) bond motifs is 1. The van der Waals surface area contributed by atoms with Gasteiger partial charge in [0.25, 0.3) is 0 Å². The van der Waals surface area contributed by atoms with E-state index in [0.29, 0.717) is 13.2 Å². The molecule has 4 atom stereocenters. The highest BCUT2D eigenvalue weighted by Crippen LogP contribution is 2.26. The van der Waals surface area contributed by atoms with Crippen molar-refractivity contribution >= 4 is 6.09 Å². The largest absolute Gasteiger partial charge is 0.444 e. The van der Waals surface area contributed by atoms with Gasteiger partial charge in [-0.1, -0.05) is 0 Å². The molecule has 2 fully saturated rings. The van der Waals surface area contributed by atoms with Crippen molar-refractivity contribution < 1.29 is 19.0 Å². The van der Waals surface area contributed by atoms with Crippen molar-refractivity contribution in [2.75, 3.05) is 13.2 Å². The molecule has 0 radical (unpaired) electrons. The fourth-order valence-electron chi connectivity index (χ4n) is 2.11. The van der Waals surface area contributed by atoms with E-state index in [4.69, 9.17) is 19.9 Å². The zero-order chi connectivity index (χ0) is 12.6. The van der Waals surface area contributed by atoms with Gasteiger partial charge in [-0.25, -0.2) is 4.79 Å². The van der Waals surface area contributed by atoms with Gasteiger partial charge in [0.2, 0.25) is 0 Å². The second-order valence-corrected chi connectivity index (χ2v) is 5.51. The van der Waals surface area contributed by atoms with Crippen LogP contribution >= 0.6 is 0 Å². The predicted molar refractivity (Wildman–Crippen MR) is 60.6 cm³/mol. The van der Waals surface area contributed by atoms with Crippen LogP contribution in [-0.4, -0.2) is 49.2 Å². The van der Waals surface area contributed by atoms with Crippen molar-refractivity contribution in [2.24, 2.45) is 5.73 Å². The second-order valence-electron chi connectivity index (χ2n) is 5.51. The van der Waals surface area contributed by atoms with Crippen molar-refractivity contribution in [3.05, 3.63) is 0 Å². The molecular formula is C11H20N2O4. The summed E-state index contributed by atoms with van der Waals surface area (Å²) >= 11 is 0. The van der Waals surface area contributed by atoms with Crippen molar-refractivity contribution in [1.29, 1.82) is 0 Å². The molecule has 17 heavy (non-hydrogen) atoms. The summed E-state index contributed by atoms with van der Waals surface area (Å²) in [4.78, 5) is 11.6. The molecule has 2 saturated heterocycles. The molecule has 0 bridgehead atoms. The lowest BCUT2D eigenvalue weighted by Gasteiger charge is -2.23. The van der Waals surface area contributed by atoms with E-state index in [9.17, 15) is 4.79 Å². The third-order valence-corrected chi connectivity index (χ3v) is 2.79. The summed E-state index contributed by atoms with van der Waals surface area (Å²) in [7, 11) is 0. The number of hydrogen-bond donors (Lipinski definition) is 2. The number of nitrogens with one attached hydrogen (secondary N) is 1. The third kappa shape index (κ3) is 2.88. The topological polar surface area (TPSA) is 82.8 Å². The van der Waals surface area contributed by atoms with E-state index in [1.54, 1.807) is 0 Å². The summed E-state index contributed by atoms with van der Waals surface area (Å²) in [5, 5.41) is 2.76. The van der Waals surface area contributed by atoms with Gasteiger partial charge in [-0.15, -0.1) is 0 Å². The van der Waals surface area contributed by atoms with E-state index >= 15 is 0 Å². The van der Waals surface area contributed by atoms with E-state index < -0.39 is 11.7 Å². The molecule has 3 N–H and O–H groups in total. The molecule has 0 aromatic rings.